The van der Waals surface area contributed by atoms with E-state index in [1.807, 2.05) is 0 Å². The molecular weight excluding hydrogens is 395 g/mol. The highest BCUT2D eigenvalue weighted by Gasteiger charge is 2.32. The summed E-state index contributed by atoms with van der Waals surface area (Å²) in [4.78, 5) is 12.7. The molecule has 1 heterocycles. The molecule has 0 saturated carbocycles. The van der Waals surface area contributed by atoms with Gasteiger partial charge in [0.15, 0.2) is 29.0 Å². The number of hydrogen-bond acceptors (Lipinski definition) is 5. The van der Waals surface area contributed by atoms with Gasteiger partial charge in [0.1, 0.15) is 6.07 Å². The maximum Gasteiger partial charge on any atom is 0.347 e. The van der Waals surface area contributed by atoms with E-state index in [0.717, 1.165) is 0 Å². The van der Waals surface area contributed by atoms with E-state index in [1.54, 1.807) is 40.7 Å². The van der Waals surface area contributed by atoms with Crippen molar-refractivity contribution in [2.24, 2.45) is 10.6 Å². The van der Waals surface area contributed by atoms with Crippen LogP contribution in [0, 0.1) is 45.8 Å². The van der Waals surface area contributed by atoms with Crippen LogP contribution in [0.4, 0.5) is 22.0 Å². The standard InChI is InChI=1S/C19H17F5N4O/c1-8(2)28-29-18-26-9(6-19(3,4)5)11(10(7-25)27-18)12-13(20)15(22)17(24)16(23)14(12)21/h6H2,1-5H3. The molecule has 0 N–H and O–H groups in total. The molecule has 154 valence electrons. The summed E-state index contributed by atoms with van der Waals surface area (Å²) in [6.07, 6.45) is 0.0181. The number of nitriles is 1. The largest absolute Gasteiger partial charge is 0.347 e. The van der Waals surface area contributed by atoms with Gasteiger partial charge >= 0.3 is 6.01 Å². The molecule has 0 spiro atoms. The lowest BCUT2D eigenvalue weighted by molar-refractivity contribution is 0.308. The maximum absolute atomic E-state index is 14.4. The molecule has 1 aromatic heterocycles. The Morgan fingerprint density at radius 1 is 0.931 bits per heavy atom. The van der Waals surface area contributed by atoms with E-state index in [-0.39, 0.29) is 12.1 Å². The smallest absolute Gasteiger partial charge is 0.315 e. The fraction of sp³-hybridized carbons (Fsp3) is 0.368. The first-order valence-electron chi connectivity index (χ1n) is 8.38. The van der Waals surface area contributed by atoms with E-state index in [0.29, 0.717) is 5.71 Å². The van der Waals surface area contributed by atoms with Gasteiger partial charge in [0.05, 0.1) is 17.0 Å². The van der Waals surface area contributed by atoms with Crippen molar-refractivity contribution in [2.75, 3.05) is 0 Å². The minimum absolute atomic E-state index is 0.0181. The molecule has 0 radical (unpaired) electrons. The number of nitrogens with zero attached hydrogens (tertiary/aromatic N) is 4. The lowest BCUT2D eigenvalue weighted by Crippen LogP contribution is -2.15. The summed E-state index contributed by atoms with van der Waals surface area (Å²) in [5, 5.41) is 13.1. The summed E-state index contributed by atoms with van der Waals surface area (Å²) in [5.41, 5.74) is -2.61. The summed E-state index contributed by atoms with van der Waals surface area (Å²) in [6.45, 7) is 8.52. The van der Waals surface area contributed by atoms with Crippen molar-refractivity contribution in [1.29, 1.82) is 5.26 Å². The highest BCUT2D eigenvalue weighted by molar-refractivity contribution is 5.78. The Hall–Kier alpha value is -3.09. The molecule has 0 aliphatic carbocycles. The number of aromatic nitrogens is 2. The lowest BCUT2D eigenvalue weighted by atomic mass is 9.87. The summed E-state index contributed by atoms with van der Waals surface area (Å²) < 4.78 is 69.8. The molecule has 10 heteroatoms. The van der Waals surface area contributed by atoms with Crippen LogP contribution in [0.3, 0.4) is 0 Å². The SMILES string of the molecule is CC(C)=NOc1nc(C#N)c(-c2c(F)c(F)c(F)c(F)c2F)c(CC(C)(C)C)n1. The number of oxime groups is 1. The molecular formula is C19H17F5N4O. The monoisotopic (exact) mass is 412 g/mol. The topological polar surface area (TPSA) is 71.2 Å². The number of halogens is 5. The van der Waals surface area contributed by atoms with Gasteiger partial charge in [-0.3, -0.25) is 0 Å². The molecule has 2 aromatic rings. The second kappa shape index (κ2) is 8.11. The average Bonchev–Trinajstić information content (AvgIpc) is 2.63. The summed E-state index contributed by atoms with van der Waals surface area (Å²) in [7, 11) is 0. The minimum atomic E-state index is -2.30. The highest BCUT2D eigenvalue weighted by atomic mass is 19.2. The zero-order valence-electron chi connectivity index (χ0n) is 16.3. The fourth-order valence-electron chi connectivity index (χ4n) is 2.46. The van der Waals surface area contributed by atoms with E-state index >= 15 is 0 Å². The molecule has 0 bridgehead atoms. The van der Waals surface area contributed by atoms with Crippen LogP contribution in [-0.4, -0.2) is 15.7 Å². The Morgan fingerprint density at radius 2 is 1.45 bits per heavy atom. The fourth-order valence-corrected chi connectivity index (χ4v) is 2.46. The summed E-state index contributed by atoms with van der Waals surface area (Å²) >= 11 is 0. The Bertz CT molecular complexity index is 1010. The summed E-state index contributed by atoms with van der Waals surface area (Å²) in [6, 6.07) is 1.21. The van der Waals surface area contributed by atoms with E-state index in [2.05, 4.69) is 15.1 Å². The van der Waals surface area contributed by atoms with Crippen LogP contribution < -0.4 is 4.84 Å². The molecule has 0 atom stereocenters. The van der Waals surface area contributed by atoms with Gasteiger partial charge in [-0.05, 0) is 25.7 Å². The molecule has 0 unspecified atom stereocenters. The second-order valence-corrected chi connectivity index (χ2v) is 7.60. The Labute approximate surface area is 163 Å². The van der Waals surface area contributed by atoms with E-state index in [9.17, 15) is 27.2 Å². The van der Waals surface area contributed by atoms with E-state index in [4.69, 9.17) is 4.84 Å². The van der Waals surface area contributed by atoms with Gasteiger partial charge in [-0.2, -0.15) is 15.2 Å². The van der Waals surface area contributed by atoms with Crippen LogP contribution >= 0.6 is 0 Å². The molecule has 5 nitrogen and oxygen atoms in total. The van der Waals surface area contributed by atoms with Crippen molar-refractivity contribution < 1.29 is 26.8 Å². The van der Waals surface area contributed by atoms with Crippen LogP contribution in [0.25, 0.3) is 11.1 Å². The van der Waals surface area contributed by atoms with Crippen molar-refractivity contribution in [3.05, 3.63) is 40.5 Å². The van der Waals surface area contributed by atoms with Gasteiger partial charge in [0.2, 0.25) is 5.82 Å². The third-order valence-electron chi connectivity index (χ3n) is 3.54. The first-order valence-corrected chi connectivity index (χ1v) is 8.38. The normalized spacial score (nSPS) is 11.2. The second-order valence-electron chi connectivity index (χ2n) is 7.60. The Balaban J connectivity index is 2.91. The molecule has 2 rings (SSSR count). The molecule has 0 amide bonds. The van der Waals surface area contributed by atoms with Gasteiger partial charge in [0, 0.05) is 5.56 Å². The van der Waals surface area contributed by atoms with Crippen LogP contribution in [0.2, 0.25) is 0 Å². The maximum atomic E-state index is 14.4. The van der Waals surface area contributed by atoms with Crippen molar-refractivity contribution >= 4 is 5.71 Å². The highest BCUT2D eigenvalue weighted by Crippen LogP contribution is 2.37. The van der Waals surface area contributed by atoms with Crippen molar-refractivity contribution in [3.8, 4) is 23.2 Å². The number of rotatable bonds is 4. The third-order valence-corrected chi connectivity index (χ3v) is 3.54. The zero-order chi connectivity index (χ0) is 22.1. The summed E-state index contributed by atoms with van der Waals surface area (Å²) in [5.74, 6) is -10.7. The average molecular weight is 412 g/mol. The van der Waals surface area contributed by atoms with E-state index < -0.39 is 57.3 Å². The molecule has 0 fully saturated rings. The third kappa shape index (κ3) is 4.67. The van der Waals surface area contributed by atoms with Crippen molar-refractivity contribution in [2.45, 2.75) is 41.0 Å². The molecule has 0 aliphatic rings. The predicted molar refractivity (Wildman–Crippen MR) is 94.5 cm³/mol. The number of benzene rings is 1. The van der Waals surface area contributed by atoms with Crippen LogP contribution in [-0.2, 0) is 6.42 Å². The number of hydrogen-bond donors (Lipinski definition) is 0. The van der Waals surface area contributed by atoms with Crippen LogP contribution in [0.1, 0.15) is 46.0 Å². The van der Waals surface area contributed by atoms with Gasteiger partial charge in [-0.1, -0.05) is 25.9 Å². The minimum Gasteiger partial charge on any atom is -0.315 e. The van der Waals surface area contributed by atoms with E-state index in [1.165, 1.54) is 0 Å². The Kier molecular flexibility index (Phi) is 6.21. The Morgan fingerprint density at radius 3 is 1.90 bits per heavy atom. The molecule has 29 heavy (non-hydrogen) atoms. The van der Waals surface area contributed by atoms with Crippen LogP contribution in [0.15, 0.2) is 5.16 Å². The quantitative estimate of drug-likeness (QED) is 0.231. The van der Waals surface area contributed by atoms with Gasteiger partial charge < -0.3 is 4.84 Å². The predicted octanol–water partition coefficient (Wildman–Crippen LogP) is 5.07. The molecule has 0 saturated heterocycles. The van der Waals surface area contributed by atoms with Crippen LogP contribution in [0.5, 0.6) is 6.01 Å². The van der Waals surface area contributed by atoms with Gasteiger partial charge in [-0.25, -0.2) is 22.0 Å². The first-order chi connectivity index (χ1) is 13.4. The van der Waals surface area contributed by atoms with Gasteiger partial charge in [0.25, 0.3) is 0 Å². The van der Waals surface area contributed by atoms with Crippen molar-refractivity contribution in [1.82, 2.24) is 9.97 Å². The molecule has 1 aromatic carbocycles. The first kappa shape index (κ1) is 22.2. The molecule has 0 aliphatic heterocycles. The van der Waals surface area contributed by atoms with Gasteiger partial charge in [-0.15, -0.1) is 0 Å². The zero-order valence-corrected chi connectivity index (χ0v) is 16.3. The van der Waals surface area contributed by atoms with Crippen molar-refractivity contribution in [3.63, 3.8) is 0 Å². The lowest BCUT2D eigenvalue weighted by Gasteiger charge is -2.21.